The van der Waals surface area contributed by atoms with E-state index in [1.807, 2.05) is 59.2 Å². The summed E-state index contributed by atoms with van der Waals surface area (Å²) in [4.78, 5) is 41.2. The number of benzene rings is 2. The van der Waals surface area contributed by atoms with Crippen molar-refractivity contribution in [1.82, 2.24) is 14.3 Å². The summed E-state index contributed by atoms with van der Waals surface area (Å²) in [5.41, 5.74) is 9.54. The lowest BCUT2D eigenvalue weighted by Crippen LogP contribution is -2.33. The topological polar surface area (TPSA) is 133 Å². The molecule has 0 aliphatic heterocycles. The van der Waals surface area contributed by atoms with E-state index in [4.69, 9.17) is 10.5 Å². The molecule has 10 heteroatoms. The molecule has 2 aromatic carbocycles. The molecule has 0 radical (unpaired) electrons. The zero-order valence-electron chi connectivity index (χ0n) is 20.4. The number of Topliss-reactive ketones (excluding diaryl/α,β-unsaturated/α-hetero) is 1. The second-order valence-electron chi connectivity index (χ2n) is 8.59. The molecule has 2 heterocycles. The Bertz CT molecular complexity index is 1630. The number of rotatable bonds is 9. The van der Waals surface area contributed by atoms with Gasteiger partial charge < -0.3 is 15.0 Å². The van der Waals surface area contributed by atoms with Gasteiger partial charge in [0.25, 0.3) is 17.6 Å². The van der Waals surface area contributed by atoms with Crippen molar-refractivity contribution in [3.8, 4) is 17.0 Å². The lowest BCUT2D eigenvalue weighted by Gasteiger charge is -2.14. The first-order valence-electron chi connectivity index (χ1n) is 11.3. The lowest BCUT2D eigenvalue weighted by molar-refractivity contribution is -0.121. The number of carbonyl (C=O) groups excluding carboxylic acids is 3. The van der Waals surface area contributed by atoms with Crippen molar-refractivity contribution in [2.75, 3.05) is 12.9 Å². The quantitative estimate of drug-likeness (QED) is 0.199. The largest absolute Gasteiger partial charge is 0.467 e. The summed E-state index contributed by atoms with van der Waals surface area (Å²) in [5.74, 6) is 0.669. The Labute approximate surface area is 214 Å². The molecule has 4 aromatic rings. The van der Waals surface area contributed by atoms with E-state index in [1.54, 1.807) is 13.0 Å². The summed E-state index contributed by atoms with van der Waals surface area (Å²) < 4.78 is 21.5. The molecule has 0 saturated carbocycles. The predicted molar refractivity (Wildman–Crippen MR) is 144 cm³/mol. The minimum atomic E-state index is -2.79. The van der Waals surface area contributed by atoms with Crippen molar-refractivity contribution < 1.29 is 23.3 Å². The first-order chi connectivity index (χ1) is 17.6. The number of nitrogens with one attached hydrogen (secondary N) is 1. The third kappa shape index (κ3) is 5.54. The van der Waals surface area contributed by atoms with E-state index in [1.165, 1.54) is 12.5 Å². The van der Waals surface area contributed by atoms with Gasteiger partial charge in [0.15, 0.2) is 6.61 Å². The van der Waals surface area contributed by atoms with E-state index < -0.39 is 33.9 Å². The third-order valence-electron chi connectivity index (χ3n) is 5.75. The molecule has 0 saturated heterocycles. The van der Waals surface area contributed by atoms with Crippen LogP contribution >= 0.6 is 0 Å². The Balaban J connectivity index is 1.83. The van der Waals surface area contributed by atoms with Gasteiger partial charge in [0, 0.05) is 34.4 Å². The van der Waals surface area contributed by atoms with E-state index >= 15 is 0 Å². The molecule has 4 rings (SSSR count). The molecule has 0 spiro atoms. The molecule has 1 unspecified atom stereocenters. The smallest absolute Gasteiger partial charge is 0.289 e. The van der Waals surface area contributed by atoms with Gasteiger partial charge in [-0.1, -0.05) is 54.6 Å². The van der Waals surface area contributed by atoms with Crippen LogP contribution in [0.2, 0.25) is 0 Å². The highest BCUT2D eigenvalue weighted by Gasteiger charge is 2.27. The van der Waals surface area contributed by atoms with Crippen LogP contribution in [0.3, 0.4) is 0 Å². The highest BCUT2D eigenvalue weighted by atomic mass is 32.2. The lowest BCUT2D eigenvalue weighted by atomic mass is 9.99. The average molecular weight is 519 g/mol. The summed E-state index contributed by atoms with van der Waals surface area (Å²) in [6.07, 6.45) is 2.77. The van der Waals surface area contributed by atoms with Crippen LogP contribution in [0, 0.1) is 6.92 Å². The van der Waals surface area contributed by atoms with Crippen molar-refractivity contribution in [3.05, 3.63) is 83.7 Å². The molecule has 9 nitrogen and oxygen atoms in total. The van der Waals surface area contributed by atoms with Crippen LogP contribution in [-0.2, 0) is 25.8 Å². The van der Waals surface area contributed by atoms with Crippen molar-refractivity contribution in [3.63, 3.8) is 0 Å². The summed E-state index contributed by atoms with van der Waals surface area (Å²) in [6, 6.07) is 19.5. The van der Waals surface area contributed by atoms with Gasteiger partial charge in [-0.25, -0.2) is 9.19 Å². The third-order valence-corrected chi connectivity index (χ3v) is 6.41. The number of hydrogen-bond acceptors (Lipinski definition) is 6. The summed E-state index contributed by atoms with van der Waals surface area (Å²) in [7, 11) is -2.79. The van der Waals surface area contributed by atoms with Crippen molar-refractivity contribution in [2.45, 2.75) is 13.5 Å². The Morgan fingerprint density at radius 2 is 1.76 bits per heavy atom. The minimum absolute atomic E-state index is 0.0258. The Morgan fingerprint density at radius 3 is 2.43 bits per heavy atom. The molecule has 0 fully saturated rings. The molecule has 0 bridgehead atoms. The fourth-order valence-electron chi connectivity index (χ4n) is 4.24. The number of nitrogens with two attached hydrogens (primary N) is 1. The van der Waals surface area contributed by atoms with Gasteiger partial charge in [0.05, 0.1) is 16.5 Å². The van der Waals surface area contributed by atoms with Gasteiger partial charge >= 0.3 is 0 Å². The Morgan fingerprint density at radius 1 is 1.08 bits per heavy atom. The summed E-state index contributed by atoms with van der Waals surface area (Å²) in [5, 5.41) is 0.264. The maximum atomic E-state index is 12.9. The van der Waals surface area contributed by atoms with Crippen LogP contribution in [0.1, 0.15) is 21.6 Å². The SMILES string of the molecule is C=S(C)(=O)NC(=O)COc1nccc2c1c(C(=O)C(N)=O)c(C)n2Cc1ccccc1-c1ccccc1. The van der Waals surface area contributed by atoms with Crippen LogP contribution in [-0.4, -0.2) is 50.1 Å². The van der Waals surface area contributed by atoms with Crippen LogP contribution in [0.4, 0.5) is 0 Å². The summed E-state index contributed by atoms with van der Waals surface area (Å²) >= 11 is 0. The van der Waals surface area contributed by atoms with Gasteiger partial charge in [-0.2, -0.15) is 0 Å². The van der Waals surface area contributed by atoms with Crippen molar-refractivity contribution in [1.29, 1.82) is 0 Å². The maximum absolute atomic E-state index is 12.9. The molecule has 1 atom stereocenters. The van der Waals surface area contributed by atoms with Crippen LogP contribution in [0.15, 0.2) is 66.9 Å². The average Bonchev–Trinajstić information content (AvgIpc) is 3.13. The number of pyridine rings is 1. The molecule has 37 heavy (non-hydrogen) atoms. The number of hydrogen-bond donors (Lipinski definition) is 2. The van der Waals surface area contributed by atoms with E-state index in [-0.39, 0.29) is 16.8 Å². The van der Waals surface area contributed by atoms with Crippen LogP contribution < -0.4 is 15.2 Å². The van der Waals surface area contributed by atoms with Gasteiger partial charge in [-0.3, -0.25) is 19.1 Å². The van der Waals surface area contributed by atoms with Crippen LogP contribution in [0.25, 0.3) is 22.0 Å². The number of ether oxygens (including phenoxy) is 1. The van der Waals surface area contributed by atoms with E-state index in [0.29, 0.717) is 17.8 Å². The molecule has 2 aromatic heterocycles. The zero-order valence-corrected chi connectivity index (χ0v) is 21.2. The second kappa shape index (κ2) is 10.3. The van der Waals surface area contributed by atoms with E-state index in [2.05, 4.69) is 15.6 Å². The second-order valence-corrected chi connectivity index (χ2v) is 10.8. The normalized spacial score (nSPS) is 12.6. The van der Waals surface area contributed by atoms with Gasteiger partial charge in [-0.05, 0) is 35.6 Å². The Kier molecular flexibility index (Phi) is 7.12. The fourth-order valence-corrected chi connectivity index (χ4v) is 4.78. The number of ketones is 1. The number of fused-ring (bicyclic) bond motifs is 1. The molecule has 3 N–H and O–H groups in total. The number of nitrogens with zero attached hydrogens (tertiary/aromatic N) is 2. The molecule has 0 aliphatic carbocycles. The number of primary amides is 1. The molecular formula is C27H26N4O5S. The number of amides is 2. The van der Waals surface area contributed by atoms with Gasteiger partial charge in [0.2, 0.25) is 5.88 Å². The predicted octanol–water partition coefficient (Wildman–Crippen LogP) is 2.48. The molecule has 0 aliphatic rings. The fraction of sp³-hybridized carbons (Fsp3) is 0.148. The monoisotopic (exact) mass is 518 g/mol. The summed E-state index contributed by atoms with van der Waals surface area (Å²) in [6.45, 7) is 1.58. The number of carbonyl (C=O) groups is 3. The first kappa shape index (κ1) is 25.6. The zero-order chi connectivity index (χ0) is 26.7. The Hall–Kier alpha value is -4.44. The number of aromatic nitrogens is 2. The van der Waals surface area contributed by atoms with E-state index in [9.17, 15) is 18.6 Å². The standard InChI is InChI=1S/C27H26N4O5S/c1-17-23(25(33)26(28)34)24-21(13-14-29-27(24)36-16-22(32)30-37(2,3)35)31(17)15-19-11-7-8-12-20(19)18-9-5-4-6-10-18/h4-14H,2,15-16H2,1,3H3,(H2,28,34)(H,30,32,35). The molecule has 2 amide bonds. The van der Waals surface area contributed by atoms with Crippen LogP contribution in [0.5, 0.6) is 5.88 Å². The highest BCUT2D eigenvalue weighted by molar-refractivity contribution is 7.98. The van der Waals surface area contributed by atoms with Gasteiger partial charge in [-0.15, -0.1) is 0 Å². The van der Waals surface area contributed by atoms with E-state index in [0.717, 1.165) is 16.7 Å². The maximum Gasteiger partial charge on any atom is 0.289 e. The van der Waals surface area contributed by atoms with Crippen molar-refractivity contribution >= 4 is 44.1 Å². The molecule has 190 valence electrons. The molecular weight excluding hydrogens is 492 g/mol. The minimum Gasteiger partial charge on any atom is -0.467 e. The highest BCUT2D eigenvalue weighted by Crippen LogP contribution is 2.34. The first-order valence-corrected chi connectivity index (χ1v) is 13.4. The van der Waals surface area contributed by atoms with Crippen molar-refractivity contribution in [2.24, 2.45) is 5.73 Å². The van der Waals surface area contributed by atoms with Gasteiger partial charge in [0.1, 0.15) is 0 Å².